The molecule has 1 aromatic heterocycles. The topological polar surface area (TPSA) is 114 Å². The molecule has 3 N–H and O–H groups in total. The van der Waals surface area contributed by atoms with Crippen LogP contribution in [0.25, 0.3) is 0 Å². The van der Waals surface area contributed by atoms with E-state index in [0.717, 1.165) is 5.69 Å². The van der Waals surface area contributed by atoms with Crippen molar-refractivity contribution in [1.29, 1.82) is 0 Å². The molecule has 2 atom stereocenters. The van der Waals surface area contributed by atoms with Crippen molar-refractivity contribution in [2.24, 2.45) is 13.0 Å². The molecule has 1 heterocycles. The summed E-state index contributed by atoms with van der Waals surface area (Å²) >= 11 is 0. The van der Waals surface area contributed by atoms with Crippen LogP contribution in [0.3, 0.4) is 0 Å². The Hall–Kier alpha value is -3.36. The first-order valence-corrected chi connectivity index (χ1v) is 9.74. The van der Waals surface area contributed by atoms with Crippen molar-refractivity contribution in [3.63, 3.8) is 0 Å². The molecule has 9 heteroatoms. The van der Waals surface area contributed by atoms with Gasteiger partial charge in [0.2, 0.25) is 0 Å². The molecule has 9 nitrogen and oxygen atoms in total. The van der Waals surface area contributed by atoms with E-state index in [-0.39, 0.29) is 5.92 Å². The number of nitrogens with one attached hydrogen (secondary N) is 3. The average molecular weight is 415 g/mol. The van der Waals surface area contributed by atoms with E-state index in [1.54, 1.807) is 56.8 Å². The van der Waals surface area contributed by atoms with Gasteiger partial charge in [0.25, 0.3) is 5.91 Å². The zero-order chi connectivity index (χ0) is 22.4. The fourth-order valence-electron chi connectivity index (χ4n) is 2.81. The van der Waals surface area contributed by atoms with Crippen molar-refractivity contribution >= 4 is 29.3 Å². The molecule has 2 rings (SSSR count). The predicted molar refractivity (Wildman–Crippen MR) is 114 cm³/mol. The van der Waals surface area contributed by atoms with E-state index < -0.39 is 30.1 Å². The summed E-state index contributed by atoms with van der Waals surface area (Å²) in [5.74, 6) is -1.40. The number of aryl methyl sites for hydroxylation is 2. The van der Waals surface area contributed by atoms with Gasteiger partial charge in [-0.3, -0.25) is 9.48 Å². The van der Waals surface area contributed by atoms with Crippen LogP contribution in [-0.4, -0.2) is 39.8 Å². The molecule has 162 valence electrons. The summed E-state index contributed by atoms with van der Waals surface area (Å²) in [5.41, 5.74) is 2.65. The Morgan fingerprint density at radius 3 is 2.20 bits per heavy atom. The highest BCUT2D eigenvalue weighted by molar-refractivity contribution is 5.97. The van der Waals surface area contributed by atoms with Crippen molar-refractivity contribution in [3.8, 4) is 0 Å². The Morgan fingerprint density at radius 1 is 1.03 bits per heavy atom. The van der Waals surface area contributed by atoms with Crippen molar-refractivity contribution < 1.29 is 19.1 Å². The molecule has 1 aromatic carbocycles. The second kappa shape index (κ2) is 9.91. The van der Waals surface area contributed by atoms with Gasteiger partial charge in [-0.2, -0.15) is 5.10 Å². The molecule has 0 aliphatic carbocycles. The summed E-state index contributed by atoms with van der Waals surface area (Å²) in [7, 11) is 1.78. The zero-order valence-corrected chi connectivity index (χ0v) is 18.1. The lowest BCUT2D eigenvalue weighted by atomic mass is 10.0. The summed E-state index contributed by atoms with van der Waals surface area (Å²) in [6.45, 7) is 8.65. The van der Waals surface area contributed by atoms with Gasteiger partial charge in [-0.05, 0) is 38.8 Å². The molecule has 0 radical (unpaired) electrons. The van der Waals surface area contributed by atoms with Crippen LogP contribution in [0.15, 0.2) is 30.3 Å². The number of esters is 1. The minimum Gasteiger partial charge on any atom is -0.451 e. The molecular weight excluding hydrogens is 386 g/mol. The van der Waals surface area contributed by atoms with Gasteiger partial charge in [0, 0.05) is 12.7 Å². The van der Waals surface area contributed by atoms with Crippen LogP contribution in [0.2, 0.25) is 0 Å². The van der Waals surface area contributed by atoms with Gasteiger partial charge in [0.05, 0.1) is 17.1 Å². The van der Waals surface area contributed by atoms with E-state index >= 15 is 0 Å². The first-order valence-electron chi connectivity index (χ1n) is 9.74. The van der Waals surface area contributed by atoms with Crippen molar-refractivity contribution in [1.82, 2.24) is 15.1 Å². The van der Waals surface area contributed by atoms with Crippen LogP contribution >= 0.6 is 0 Å². The van der Waals surface area contributed by atoms with Crippen LogP contribution in [-0.2, 0) is 21.4 Å². The minimum atomic E-state index is -1.04. The molecule has 30 heavy (non-hydrogen) atoms. The number of ether oxygens (including phenoxy) is 1. The third kappa shape index (κ3) is 5.82. The van der Waals surface area contributed by atoms with E-state index in [2.05, 4.69) is 21.0 Å². The van der Waals surface area contributed by atoms with Gasteiger partial charge in [0.1, 0.15) is 6.04 Å². The lowest BCUT2D eigenvalue weighted by molar-refractivity contribution is -0.156. The lowest BCUT2D eigenvalue weighted by Crippen LogP contribution is -2.48. The Morgan fingerprint density at radius 2 is 1.67 bits per heavy atom. The minimum absolute atomic E-state index is 0.239. The molecule has 0 bridgehead atoms. The van der Waals surface area contributed by atoms with Crippen LogP contribution in [0, 0.1) is 19.8 Å². The van der Waals surface area contributed by atoms with E-state index in [0.29, 0.717) is 17.1 Å². The van der Waals surface area contributed by atoms with Gasteiger partial charge in [-0.15, -0.1) is 0 Å². The molecule has 0 saturated carbocycles. The second-order valence-electron chi connectivity index (χ2n) is 7.42. The van der Waals surface area contributed by atoms with E-state index in [1.165, 1.54) is 6.92 Å². The normalized spacial score (nSPS) is 12.8. The highest BCUT2D eigenvalue weighted by Gasteiger charge is 2.29. The molecule has 0 aliphatic heterocycles. The van der Waals surface area contributed by atoms with Gasteiger partial charge < -0.3 is 20.7 Å². The number of aromatic nitrogens is 2. The first kappa shape index (κ1) is 22.9. The summed E-state index contributed by atoms with van der Waals surface area (Å²) in [5, 5.41) is 12.3. The highest BCUT2D eigenvalue weighted by atomic mass is 16.5. The first-order chi connectivity index (χ1) is 14.1. The van der Waals surface area contributed by atoms with Crippen molar-refractivity contribution in [2.75, 3.05) is 10.6 Å². The maximum atomic E-state index is 12.6. The average Bonchev–Trinajstić information content (AvgIpc) is 2.92. The predicted octanol–water partition coefficient (Wildman–Crippen LogP) is 2.75. The number of benzene rings is 1. The fourth-order valence-corrected chi connectivity index (χ4v) is 2.81. The molecule has 2 aromatic rings. The SMILES string of the molecule is Cc1nn(C)c(C)c1NC(=O)[C@H](C)OC(=O)[C@@H](NC(=O)Nc1ccccc1)C(C)C. The Balaban J connectivity index is 1.97. The number of hydrogen-bond acceptors (Lipinski definition) is 5. The Bertz CT molecular complexity index is 908. The smallest absolute Gasteiger partial charge is 0.329 e. The third-order valence-electron chi connectivity index (χ3n) is 4.66. The summed E-state index contributed by atoms with van der Waals surface area (Å²) < 4.78 is 6.98. The molecule has 0 spiro atoms. The number of carbonyl (C=O) groups excluding carboxylic acids is 3. The van der Waals surface area contributed by atoms with Gasteiger partial charge in [0.15, 0.2) is 6.10 Å². The number of carbonyl (C=O) groups is 3. The second-order valence-corrected chi connectivity index (χ2v) is 7.42. The van der Waals surface area contributed by atoms with Crippen molar-refractivity contribution in [2.45, 2.75) is 46.8 Å². The molecule has 0 saturated heterocycles. The standard InChI is InChI=1S/C21H29N5O4/c1-12(2)17(24-21(29)22-16-10-8-7-9-11-16)20(28)30-15(5)19(27)23-18-13(3)25-26(6)14(18)4/h7-12,15,17H,1-6H3,(H,23,27)(H2,22,24,29)/t15-,17-/m0/s1. The summed E-state index contributed by atoms with van der Waals surface area (Å²) in [6.07, 6.45) is -1.04. The number of nitrogens with zero attached hydrogens (tertiary/aromatic N) is 2. The molecule has 3 amide bonds. The summed E-state index contributed by atoms with van der Waals surface area (Å²) in [4.78, 5) is 37.4. The maximum absolute atomic E-state index is 12.6. The number of urea groups is 1. The number of anilines is 2. The van der Waals surface area contributed by atoms with Crippen LogP contribution in [0.1, 0.15) is 32.2 Å². The third-order valence-corrected chi connectivity index (χ3v) is 4.66. The quantitative estimate of drug-likeness (QED) is 0.602. The highest BCUT2D eigenvalue weighted by Crippen LogP contribution is 2.19. The number of para-hydroxylation sites is 1. The largest absolute Gasteiger partial charge is 0.451 e. The fraction of sp³-hybridized carbons (Fsp3) is 0.429. The van der Waals surface area contributed by atoms with Gasteiger partial charge in [-0.1, -0.05) is 32.0 Å². The van der Waals surface area contributed by atoms with Crippen LogP contribution in [0.4, 0.5) is 16.2 Å². The maximum Gasteiger partial charge on any atom is 0.329 e. The monoisotopic (exact) mass is 415 g/mol. The van der Waals surface area contributed by atoms with E-state index in [9.17, 15) is 14.4 Å². The van der Waals surface area contributed by atoms with Crippen LogP contribution in [0.5, 0.6) is 0 Å². The van der Waals surface area contributed by atoms with Crippen LogP contribution < -0.4 is 16.0 Å². The summed E-state index contributed by atoms with van der Waals surface area (Å²) in [6, 6.07) is 7.43. The number of hydrogen-bond donors (Lipinski definition) is 3. The lowest BCUT2D eigenvalue weighted by Gasteiger charge is -2.23. The number of amides is 3. The van der Waals surface area contributed by atoms with Gasteiger partial charge in [-0.25, -0.2) is 9.59 Å². The molecule has 0 unspecified atom stereocenters. The number of rotatable bonds is 7. The van der Waals surface area contributed by atoms with E-state index in [1.807, 2.05) is 13.0 Å². The van der Waals surface area contributed by atoms with Crippen molar-refractivity contribution in [3.05, 3.63) is 41.7 Å². The molecule has 0 fully saturated rings. The van der Waals surface area contributed by atoms with Gasteiger partial charge >= 0.3 is 12.0 Å². The Kier molecular flexibility index (Phi) is 7.57. The molecular formula is C21H29N5O4. The Labute approximate surface area is 176 Å². The molecule has 0 aliphatic rings. The zero-order valence-electron chi connectivity index (χ0n) is 18.1. The van der Waals surface area contributed by atoms with E-state index in [4.69, 9.17) is 4.74 Å².